The highest BCUT2D eigenvalue weighted by Crippen LogP contribution is 2.24. The lowest BCUT2D eigenvalue weighted by molar-refractivity contribution is 0.521. The summed E-state index contributed by atoms with van der Waals surface area (Å²) < 4.78 is 53.7. The summed E-state index contributed by atoms with van der Waals surface area (Å²) >= 11 is 0. The van der Waals surface area contributed by atoms with Gasteiger partial charge in [-0.05, 0) is 35.7 Å². The first-order valence-corrected chi connectivity index (χ1v) is 7.86. The molecule has 0 aliphatic rings. The summed E-state index contributed by atoms with van der Waals surface area (Å²) in [7, 11) is -4.32. The molecule has 0 amide bonds. The molecule has 2 aromatic rings. The lowest BCUT2D eigenvalue weighted by Gasteiger charge is -2.12. The van der Waals surface area contributed by atoms with E-state index in [-0.39, 0.29) is 11.6 Å². The molecule has 0 spiro atoms. The fourth-order valence-electron chi connectivity index (χ4n) is 1.91. The third-order valence-corrected chi connectivity index (χ3v) is 4.43. The molecule has 2 rings (SSSR count). The Morgan fingerprint density at radius 2 is 1.57 bits per heavy atom. The summed E-state index contributed by atoms with van der Waals surface area (Å²) in [4.78, 5) is -0.972. The molecule has 0 atom stereocenters. The third kappa shape index (κ3) is 3.39. The quantitative estimate of drug-likeness (QED) is 0.931. The van der Waals surface area contributed by atoms with Crippen molar-refractivity contribution in [3.63, 3.8) is 0 Å². The minimum atomic E-state index is -4.32. The van der Waals surface area contributed by atoms with Gasteiger partial charge >= 0.3 is 0 Å². The van der Waals surface area contributed by atoms with Crippen molar-refractivity contribution in [3.8, 4) is 0 Å². The maximum Gasteiger partial charge on any atom is 0.267 e. The smallest absolute Gasteiger partial charge is 0.267 e. The van der Waals surface area contributed by atoms with E-state index < -0.39 is 26.6 Å². The third-order valence-electron chi connectivity index (χ3n) is 2.99. The number of nitrogens with one attached hydrogen (secondary N) is 1. The molecule has 0 fully saturated rings. The Hall–Kier alpha value is -1.95. The van der Waals surface area contributed by atoms with Crippen molar-refractivity contribution >= 4 is 15.7 Å². The topological polar surface area (TPSA) is 46.2 Å². The summed E-state index contributed by atoms with van der Waals surface area (Å²) in [5, 5.41) is 0. The summed E-state index contributed by atoms with van der Waals surface area (Å²) in [6, 6.07) is 9.63. The van der Waals surface area contributed by atoms with Crippen molar-refractivity contribution in [1.82, 2.24) is 0 Å². The number of halogens is 2. The van der Waals surface area contributed by atoms with E-state index in [0.717, 1.165) is 23.8 Å². The lowest BCUT2D eigenvalue weighted by Crippen LogP contribution is -2.16. The van der Waals surface area contributed by atoms with E-state index in [1.54, 1.807) is 12.1 Å². The Morgan fingerprint density at radius 3 is 2.14 bits per heavy atom. The Labute approximate surface area is 122 Å². The van der Waals surface area contributed by atoms with Crippen LogP contribution in [0, 0.1) is 11.6 Å². The summed E-state index contributed by atoms with van der Waals surface area (Å²) in [5.74, 6) is -2.04. The number of sulfonamides is 1. The Balaban J connectivity index is 2.40. The molecule has 0 saturated heterocycles. The van der Waals surface area contributed by atoms with Gasteiger partial charge in [0.2, 0.25) is 0 Å². The summed E-state index contributed by atoms with van der Waals surface area (Å²) in [6.45, 7) is 3.92. The Morgan fingerprint density at radius 1 is 1.00 bits per heavy atom. The molecule has 0 aliphatic carbocycles. The first-order valence-electron chi connectivity index (χ1n) is 6.38. The average molecular weight is 311 g/mol. The molecule has 6 heteroatoms. The fraction of sp³-hybridized carbons (Fsp3) is 0.200. The molecule has 2 aromatic carbocycles. The molecular formula is C15H15F2NO2S. The van der Waals surface area contributed by atoms with E-state index in [0.29, 0.717) is 0 Å². The van der Waals surface area contributed by atoms with E-state index >= 15 is 0 Å². The molecule has 0 unspecified atom stereocenters. The highest BCUT2D eigenvalue weighted by Gasteiger charge is 2.23. The van der Waals surface area contributed by atoms with Gasteiger partial charge in [-0.1, -0.05) is 32.0 Å². The van der Waals surface area contributed by atoms with Crippen molar-refractivity contribution in [1.29, 1.82) is 0 Å². The fourth-order valence-corrected chi connectivity index (χ4v) is 3.10. The van der Waals surface area contributed by atoms with Gasteiger partial charge in [-0.25, -0.2) is 17.2 Å². The zero-order chi connectivity index (χ0) is 15.6. The Bertz CT molecular complexity index is 738. The van der Waals surface area contributed by atoms with Crippen LogP contribution in [0.25, 0.3) is 0 Å². The first kappa shape index (κ1) is 15.4. The van der Waals surface area contributed by atoms with Crippen molar-refractivity contribution in [2.45, 2.75) is 24.7 Å². The number of hydrogen-bond acceptors (Lipinski definition) is 2. The molecular weight excluding hydrogens is 296 g/mol. The van der Waals surface area contributed by atoms with Gasteiger partial charge in [0.25, 0.3) is 10.0 Å². The van der Waals surface area contributed by atoms with Crippen molar-refractivity contribution in [3.05, 3.63) is 59.7 Å². The number of hydrogen-bond donors (Lipinski definition) is 1. The van der Waals surface area contributed by atoms with Crippen LogP contribution in [0.2, 0.25) is 0 Å². The van der Waals surface area contributed by atoms with Crippen LogP contribution in [-0.4, -0.2) is 8.42 Å². The van der Waals surface area contributed by atoms with Gasteiger partial charge in [0, 0.05) is 5.69 Å². The standard InChI is InChI=1S/C15H15F2NO2S/c1-10(2)11-5-3-6-12(9-11)18-21(19,20)15-13(16)7-4-8-14(15)17/h3-10,18H,1-2H3. The van der Waals surface area contributed by atoms with Gasteiger partial charge in [-0.15, -0.1) is 0 Å². The second-order valence-electron chi connectivity index (χ2n) is 4.94. The van der Waals surface area contributed by atoms with Gasteiger partial charge in [0.1, 0.15) is 11.6 Å². The lowest BCUT2D eigenvalue weighted by atomic mass is 10.0. The number of rotatable bonds is 4. The zero-order valence-electron chi connectivity index (χ0n) is 11.6. The molecule has 0 radical (unpaired) electrons. The zero-order valence-corrected chi connectivity index (χ0v) is 12.4. The van der Waals surface area contributed by atoms with Crippen LogP contribution in [-0.2, 0) is 10.0 Å². The van der Waals surface area contributed by atoms with E-state index in [9.17, 15) is 17.2 Å². The van der Waals surface area contributed by atoms with Crippen molar-refractivity contribution < 1.29 is 17.2 Å². The van der Waals surface area contributed by atoms with E-state index in [1.807, 2.05) is 19.9 Å². The summed E-state index contributed by atoms with van der Waals surface area (Å²) in [6.07, 6.45) is 0. The molecule has 0 bridgehead atoms. The van der Waals surface area contributed by atoms with Crippen molar-refractivity contribution in [2.75, 3.05) is 4.72 Å². The van der Waals surface area contributed by atoms with Crippen LogP contribution in [0.4, 0.5) is 14.5 Å². The average Bonchev–Trinajstić information content (AvgIpc) is 2.37. The Kier molecular flexibility index (Phi) is 4.27. The molecule has 0 aromatic heterocycles. The van der Waals surface area contributed by atoms with Crippen LogP contribution >= 0.6 is 0 Å². The monoisotopic (exact) mass is 311 g/mol. The largest absolute Gasteiger partial charge is 0.279 e. The van der Waals surface area contributed by atoms with E-state index in [2.05, 4.69) is 4.72 Å². The molecule has 3 nitrogen and oxygen atoms in total. The van der Waals surface area contributed by atoms with Gasteiger partial charge in [-0.2, -0.15) is 0 Å². The summed E-state index contributed by atoms with van der Waals surface area (Å²) in [5.41, 5.74) is 1.19. The van der Waals surface area contributed by atoms with Crippen LogP contribution in [0.15, 0.2) is 47.4 Å². The maximum absolute atomic E-state index is 13.6. The van der Waals surface area contributed by atoms with Gasteiger partial charge in [0.15, 0.2) is 4.90 Å². The number of benzene rings is 2. The van der Waals surface area contributed by atoms with Crippen LogP contribution in [0.3, 0.4) is 0 Å². The van der Waals surface area contributed by atoms with E-state index in [1.165, 1.54) is 6.07 Å². The second kappa shape index (κ2) is 5.81. The molecule has 0 aliphatic heterocycles. The van der Waals surface area contributed by atoms with Gasteiger partial charge < -0.3 is 0 Å². The predicted molar refractivity (Wildman–Crippen MR) is 77.7 cm³/mol. The molecule has 112 valence electrons. The van der Waals surface area contributed by atoms with Gasteiger partial charge in [0.05, 0.1) is 0 Å². The van der Waals surface area contributed by atoms with E-state index in [4.69, 9.17) is 0 Å². The maximum atomic E-state index is 13.6. The van der Waals surface area contributed by atoms with Crippen molar-refractivity contribution in [2.24, 2.45) is 0 Å². The molecule has 0 saturated carbocycles. The first-order chi connectivity index (χ1) is 9.81. The van der Waals surface area contributed by atoms with Crippen LogP contribution in [0.5, 0.6) is 0 Å². The molecule has 21 heavy (non-hydrogen) atoms. The predicted octanol–water partition coefficient (Wildman–Crippen LogP) is 3.89. The minimum Gasteiger partial charge on any atom is -0.279 e. The minimum absolute atomic E-state index is 0.208. The number of anilines is 1. The van der Waals surface area contributed by atoms with Crippen LogP contribution < -0.4 is 4.72 Å². The normalized spacial score (nSPS) is 11.7. The molecule has 0 heterocycles. The SMILES string of the molecule is CC(C)c1cccc(NS(=O)(=O)c2c(F)cccc2F)c1. The highest BCUT2D eigenvalue weighted by atomic mass is 32.2. The van der Waals surface area contributed by atoms with Crippen LogP contribution in [0.1, 0.15) is 25.3 Å². The second-order valence-corrected chi connectivity index (χ2v) is 6.56. The highest BCUT2D eigenvalue weighted by molar-refractivity contribution is 7.92. The molecule has 1 N–H and O–H groups in total. The van der Waals surface area contributed by atoms with Gasteiger partial charge in [-0.3, -0.25) is 4.72 Å².